The quantitative estimate of drug-likeness (QED) is 0.886. The van der Waals surface area contributed by atoms with Crippen molar-refractivity contribution < 1.29 is 14.3 Å². The van der Waals surface area contributed by atoms with E-state index in [-0.39, 0.29) is 17.8 Å². The van der Waals surface area contributed by atoms with Crippen molar-refractivity contribution in [1.82, 2.24) is 10.2 Å². The average molecular weight is 292 g/mol. The molecule has 114 valence electrons. The van der Waals surface area contributed by atoms with Crippen LogP contribution in [0.25, 0.3) is 0 Å². The Morgan fingerprint density at radius 3 is 2.62 bits per heavy atom. The SMILES string of the molecule is O=C(NC1CC1)C(c1ccc(F)cc1)N1CCCC(O)C1. The van der Waals surface area contributed by atoms with Crippen LogP contribution in [0.3, 0.4) is 0 Å². The molecule has 1 amide bonds. The minimum atomic E-state index is -0.443. The Hall–Kier alpha value is -1.46. The maximum atomic E-state index is 13.1. The van der Waals surface area contributed by atoms with Gasteiger partial charge in [-0.2, -0.15) is 0 Å². The highest BCUT2D eigenvalue weighted by Gasteiger charge is 2.34. The van der Waals surface area contributed by atoms with Crippen molar-refractivity contribution in [3.8, 4) is 0 Å². The Morgan fingerprint density at radius 2 is 2.00 bits per heavy atom. The van der Waals surface area contributed by atoms with Crippen LogP contribution in [-0.2, 0) is 4.79 Å². The molecule has 2 atom stereocenters. The van der Waals surface area contributed by atoms with Crippen molar-refractivity contribution in [2.24, 2.45) is 0 Å². The van der Waals surface area contributed by atoms with Gasteiger partial charge >= 0.3 is 0 Å². The number of aliphatic hydroxyl groups is 1. The summed E-state index contributed by atoms with van der Waals surface area (Å²) >= 11 is 0. The predicted octanol–water partition coefficient (Wildman–Crippen LogP) is 1.60. The lowest BCUT2D eigenvalue weighted by molar-refractivity contribution is -0.128. The molecule has 5 heteroatoms. The summed E-state index contributed by atoms with van der Waals surface area (Å²) in [5.74, 6) is -0.350. The number of β-amino-alcohol motifs (C(OH)–C–C–N with tert-alkyl or cyclic N) is 1. The number of piperidine rings is 1. The summed E-state index contributed by atoms with van der Waals surface area (Å²) in [6.07, 6.45) is 3.32. The third-order valence-electron chi connectivity index (χ3n) is 4.15. The van der Waals surface area contributed by atoms with Gasteiger partial charge in [-0.15, -0.1) is 0 Å². The third-order valence-corrected chi connectivity index (χ3v) is 4.15. The van der Waals surface area contributed by atoms with Gasteiger partial charge in [-0.3, -0.25) is 9.69 Å². The minimum absolute atomic E-state index is 0.0433. The molecule has 1 aromatic carbocycles. The van der Waals surface area contributed by atoms with Crippen LogP contribution in [0, 0.1) is 5.82 Å². The first-order valence-electron chi connectivity index (χ1n) is 7.61. The van der Waals surface area contributed by atoms with Gasteiger partial charge in [0, 0.05) is 12.6 Å². The van der Waals surface area contributed by atoms with Gasteiger partial charge in [-0.25, -0.2) is 4.39 Å². The molecule has 0 radical (unpaired) electrons. The van der Waals surface area contributed by atoms with E-state index in [2.05, 4.69) is 5.32 Å². The molecular formula is C16H21FN2O2. The summed E-state index contributed by atoms with van der Waals surface area (Å²) in [7, 11) is 0. The molecule has 1 aliphatic heterocycles. The van der Waals surface area contributed by atoms with E-state index in [1.807, 2.05) is 4.90 Å². The summed E-state index contributed by atoms with van der Waals surface area (Å²) in [6, 6.07) is 5.93. The van der Waals surface area contributed by atoms with E-state index in [1.54, 1.807) is 12.1 Å². The van der Waals surface area contributed by atoms with E-state index in [0.717, 1.165) is 37.8 Å². The second-order valence-electron chi connectivity index (χ2n) is 6.03. The molecule has 21 heavy (non-hydrogen) atoms. The smallest absolute Gasteiger partial charge is 0.242 e. The molecule has 2 aliphatic rings. The molecule has 1 saturated carbocycles. The van der Waals surface area contributed by atoms with E-state index in [9.17, 15) is 14.3 Å². The minimum Gasteiger partial charge on any atom is -0.392 e. The van der Waals surface area contributed by atoms with Crippen LogP contribution in [0.2, 0.25) is 0 Å². The Kier molecular flexibility index (Phi) is 4.22. The molecule has 0 bridgehead atoms. The molecule has 1 aliphatic carbocycles. The number of amides is 1. The number of carbonyl (C=O) groups is 1. The van der Waals surface area contributed by atoms with E-state index in [4.69, 9.17) is 0 Å². The van der Waals surface area contributed by atoms with Crippen LogP contribution in [-0.4, -0.2) is 41.1 Å². The van der Waals surface area contributed by atoms with Crippen molar-refractivity contribution in [3.63, 3.8) is 0 Å². The van der Waals surface area contributed by atoms with Crippen LogP contribution in [0.1, 0.15) is 37.3 Å². The lowest BCUT2D eigenvalue weighted by Gasteiger charge is -2.36. The topological polar surface area (TPSA) is 52.6 Å². The Labute approximate surface area is 124 Å². The molecule has 2 fully saturated rings. The molecule has 1 aromatic rings. The number of nitrogens with one attached hydrogen (secondary N) is 1. The van der Waals surface area contributed by atoms with Crippen molar-refractivity contribution in [2.75, 3.05) is 13.1 Å². The first-order chi connectivity index (χ1) is 10.1. The maximum Gasteiger partial charge on any atom is 0.242 e. The zero-order valence-corrected chi connectivity index (χ0v) is 12.0. The zero-order valence-electron chi connectivity index (χ0n) is 12.0. The number of halogens is 1. The molecular weight excluding hydrogens is 271 g/mol. The Balaban J connectivity index is 1.82. The lowest BCUT2D eigenvalue weighted by Crippen LogP contribution is -2.47. The standard InChI is InChI=1S/C16H21FN2O2/c17-12-5-3-11(4-6-12)15(16(21)18-13-7-8-13)19-9-1-2-14(20)10-19/h3-6,13-15,20H,1-2,7-10H2,(H,18,21). The summed E-state index contributed by atoms with van der Waals surface area (Å²) in [5, 5.41) is 12.9. The first-order valence-corrected chi connectivity index (χ1v) is 7.61. The molecule has 4 nitrogen and oxygen atoms in total. The van der Waals surface area contributed by atoms with Gasteiger partial charge in [0.1, 0.15) is 11.9 Å². The number of hydrogen-bond donors (Lipinski definition) is 2. The fourth-order valence-corrected chi connectivity index (χ4v) is 2.90. The molecule has 3 rings (SSSR count). The number of nitrogens with zero attached hydrogens (tertiary/aromatic N) is 1. The van der Waals surface area contributed by atoms with Crippen molar-refractivity contribution >= 4 is 5.91 Å². The zero-order chi connectivity index (χ0) is 14.8. The molecule has 0 aromatic heterocycles. The monoisotopic (exact) mass is 292 g/mol. The summed E-state index contributed by atoms with van der Waals surface area (Å²) in [4.78, 5) is 14.6. The van der Waals surface area contributed by atoms with Gasteiger partial charge in [-0.1, -0.05) is 12.1 Å². The number of carbonyl (C=O) groups excluding carboxylic acids is 1. The average Bonchev–Trinajstić information content (AvgIpc) is 3.25. The number of benzene rings is 1. The fraction of sp³-hybridized carbons (Fsp3) is 0.562. The van der Waals surface area contributed by atoms with Gasteiger partial charge < -0.3 is 10.4 Å². The summed E-state index contributed by atoms with van der Waals surface area (Å²) in [5.41, 5.74) is 0.781. The lowest BCUT2D eigenvalue weighted by atomic mass is 9.99. The van der Waals surface area contributed by atoms with E-state index >= 15 is 0 Å². The summed E-state index contributed by atoms with van der Waals surface area (Å²) in [6.45, 7) is 1.26. The molecule has 2 N–H and O–H groups in total. The van der Waals surface area contributed by atoms with Crippen molar-refractivity contribution in [2.45, 2.75) is 43.9 Å². The van der Waals surface area contributed by atoms with Crippen molar-refractivity contribution in [1.29, 1.82) is 0 Å². The van der Waals surface area contributed by atoms with Gasteiger partial charge in [0.2, 0.25) is 5.91 Å². The summed E-state index contributed by atoms with van der Waals surface area (Å²) < 4.78 is 13.1. The number of likely N-dealkylation sites (tertiary alicyclic amines) is 1. The van der Waals surface area contributed by atoms with Gasteiger partial charge in [0.25, 0.3) is 0 Å². The fourth-order valence-electron chi connectivity index (χ4n) is 2.90. The Morgan fingerprint density at radius 1 is 1.29 bits per heavy atom. The maximum absolute atomic E-state index is 13.1. The third kappa shape index (κ3) is 3.60. The second-order valence-corrected chi connectivity index (χ2v) is 6.03. The van der Waals surface area contributed by atoms with Crippen LogP contribution in [0.15, 0.2) is 24.3 Å². The number of rotatable bonds is 4. The van der Waals surface area contributed by atoms with Gasteiger partial charge in [-0.05, 0) is 49.9 Å². The normalized spacial score (nSPS) is 24.6. The Bertz CT molecular complexity index is 502. The van der Waals surface area contributed by atoms with E-state index in [1.165, 1.54) is 12.1 Å². The largest absolute Gasteiger partial charge is 0.392 e. The first kappa shape index (κ1) is 14.5. The number of hydrogen-bond acceptors (Lipinski definition) is 3. The van der Waals surface area contributed by atoms with Crippen LogP contribution < -0.4 is 5.32 Å². The predicted molar refractivity (Wildman–Crippen MR) is 77.1 cm³/mol. The molecule has 1 saturated heterocycles. The number of aliphatic hydroxyl groups excluding tert-OH is 1. The highest BCUT2D eigenvalue weighted by molar-refractivity contribution is 5.83. The van der Waals surface area contributed by atoms with Gasteiger partial charge in [0.05, 0.1) is 6.10 Å². The molecule has 2 unspecified atom stereocenters. The second kappa shape index (κ2) is 6.12. The van der Waals surface area contributed by atoms with Crippen LogP contribution in [0.4, 0.5) is 4.39 Å². The highest BCUT2D eigenvalue weighted by Crippen LogP contribution is 2.27. The van der Waals surface area contributed by atoms with Crippen LogP contribution >= 0.6 is 0 Å². The van der Waals surface area contributed by atoms with E-state index < -0.39 is 12.1 Å². The molecule has 0 spiro atoms. The van der Waals surface area contributed by atoms with Crippen LogP contribution in [0.5, 0.6) is 0 Å². The van der Waals surface area contributed by atoms with Crippen molar-refractivity contribution in [3.05, 3.63) is 35.6 Å². The highest BCUT2D eigenvalue weighted by atomic mass is 19.1. The van der Waals surface area contributed by atoms with Gasteiger partial charge in [0.15, 0.2) is 0 Å². The molecule has 1 heterocycles. The van der Waals surface area contributed by atoms with E-state index in [0.29, 0.717) is 6.54 Å².